The van der Waals surface area contributed by atoms with Crippen LogP contribution in [0.15, 0.2) is 23.4 Å². The van der Waals surface area contributed by atoms with Crippen molar-refractivity contribution in [2.24, 2.45) is 5.16 Å². The summed E-state index contributed by atoms with van der Waals surface area (Å²) in [6.07, 6.45) is 0.294. The molecule has 0 spiro atoms. The summed E-state index contributed by atoms with van der Waals surface area (Å²) >= 11 is 1.89. The molecule has 1 unspecified atom stereocenters. The van der Waals surface area contributed by atoms with Crippen LogP contribution in [-0.2, 0) is 24.1 Å². The SMILES string of the molecule is CC#Cc1ccc(C2=NO[C@@H](C[C@](C)(C(=O)NOPI)S(C)(=O)=O)C2)c(F)c1. The van der Waals surface area contributed by atoms with Crippen LogP contribution in [0.1, 0.15) is 37.8 Å². The van der Waals surface area contributed by atoms with Gasteiger partial charge in [-0.1, -0.05) is 11.1 Å². The topological polar surface area (TPSA) is 94.1 Å². The Morgan fingerprint density at radius 3 is 2.86 bits per heavy atom. The number of sulfone groups is 1. The van der Waals surface area contributed by atoms with E-state index in [1.807, 2.05) is 22.0 Å². The Hall–Kier alpha value is -1.28. The molecule has 152 valence electrons. The number of oxime groups is 1. The Morgan fingerprint density at radius 2 is 2.29 bits per heavy atom. The molecule has 1 amide bonds. The Bertz CT molecular complexity index is 960. The fourth-order valence-electron chi connectivity index (χ4n) is 2.69. The molecule has 2 rings (SSSR count). The highest BCUT2D eigenvalue weighted by Crippen LogP contribution is 2.30. The highest BCUT2D eigenvalue weighted by Gasteiger charge is 2.47. The second-order valence-corrected chi connectivity index (χ2v) is 10.5. The first-order valence-electron chi connectivity index (χ1n) is 8.09. The molecular weight excluding hydrogens is 521 g/mol. The van der Waals surface area contributed by atoms with Crippen molar-refractivity contribution in [1.29, 1.82) is 0 Å². The monoisotopic (exact) mass is 540 g/mol. The van der Waals surface area contributed by atoms with Gasteiger partial charge in [-0.15, -0.1) is 5.92 Å². The van der Waals surface area contributed by atoms with Gasteiger partial charge in [-0.2, -0.15) is 0 Å². The average molecular weight is 540 g/mol. The maximum Gasteiger partial charge on any atom is 0.265 e. The summed E-state index contributed by atoms with van der Waals surface area (Å²) in [5.41, 5.74) is 3.28. The Labute approximate surface area is 178 Å². The number of carbonyl (C=O) groups excluding carboxylic acids is 1. The summed E-state index contributed by atoms with van der Waals surface area (Å²) < 4.78 is 42.0. The van der Waals surface area contributed by atoms with Crippen LogP contribution in [0.3, 0.4) is 0 Å². The van der Waals surface area contributed by atoms with Crippen LogP contribution in [-0.4, -0.2) is 37.1 Å². The molecule has 1 aromatic carbocycles. The number of halogens is 2. The zero-order chi connectivity index (χ0) is 20.9. The van der Waals surface area contributed by atoms with E-state index in [1.165, 1.54) is 13.0 Å². The van der Waals surface area contributed by atoms with E-state index in [0.717, 1.165) is 6.26 Å². The number of amides is 1. The Kier molecular flexibility index (Phi) is 7.79. The lowest BCUT2D eigenvalue weighted by Gasteiger charge is -2.27. The van der Waals surface area contributed by atoms with Crippen molar-refractivity contribution < 1.29 is 27.1 Å². The second-order valence-electron chi connectivity index (χ2n) is 6.36. The van der Waals surface area contributed by atoms with Crippen molar-refractivity contribution in [2.45, 2.75) is 37.5 Å². The zero-order valence-electron chi connectivity index (χ0n) is 15.4. The molecule has 0 radical (unpaired) electrons. The predicted octanol–water partition coefficient (Wildman–Crippen LogP) is 2.87. The zero-order valence-corrected chi connectivity index (χ0v) is 19.4. The van der Waals surface area contributed by atoms with Gasteiger partial charge in [0.1, 0.15) is 18.4 Å². The van der Waals surface area contributed by atoms with Gasteiger partial charge in [0.05, 0.1) is 5.71 Å². The Balaban J connectivity index is 2.17. The largest absolute Gasteiger partial charge is 0.392 e. The minimum Gasteiger partial charge on any atom is -0.392 e. The number of benzene rings is 1. The maximum absolute atomic E-state index is 14.4. The number of nitrogens with one attached hydrogen (secondary N) is 1. The van der Waals surface area contributed by atoms with E-state index in [9.17, 15) is 17.6 Å². The van der Waals surface area contributed by atoms with Crippen LogP contribution in [0.25, 0.3) is 0 Å². The molecule has 1 aliphatic rings. The van der Waals surface area contributed by atoms with Gasteiger partial charge in [-0.3, -0.25) is 4.79 Å². The minimum atomic E-state index is -3.80. The number of hydroxylamine groups is 1. The number of nitrogens with zero attached hydrogens (tertiary/aromatic N) is 1. The van der Waals surface area contributed by atoms with Gasteiger partial charge in [-0.05, 0) is 54.1 Å². The van der Waals surface area contributed by atoms with Crippen LogP contribution < -0.4 is 5.48 Å². The maximum atomic E-state index is 14.4. The molecule has 0 aliphatic carbocycles. The summed E-state index contributed by atoms with van der Waals surface area (Å²) in [7, 11) is -3.80. The molecule has 1 N–H and O–H groups in total. The molecule has 0 aromatic heterocycles. The van der Waals surface area contributed by atoms with E-state index >= 15 is 0 Å². The number of rotatable bonds is 7. The quantitative estimate of drug-likeness (QED) is 0.249. The van der Waals surface area contributed by atoms with E-state index in [1.54, 1.807) is 19.1 Å². The number of hydrogen-bond donors (Lipinski definition) is 1. The van der Waals surface area contributed by atoms with E-state index in [4.69, 9.17) is 9.46 Å². The summed E-state index contributed by atoms with van der Waals surface area (Å²) in [5, 5.41) is 3.89. The third kappa shape index (κ3) is 5.20. The summed E-state index contributed by atoms with van der Waals surface area (Å²) in [5.74, 6) is 4.18. The molecule has 3 atom stereocenters. The van der Waals surface area contributed by atoms with Crippen molar-refractivity contribution >= 4 is 49.9 Å². The second kappa shape index (κ2) is 9.48. The average Bonchev–Trinajstić information content (AvgIpc) is 3.07. The smallest absolute Gasteiger partial charge is 0.265 e. The molecule has 11 heteroatoms. The van der Waals surface area contributed by atoms with Crippen LogP contribution >= 0.6 is 28.5 Å². The molecule has 7 nitrogen and oxygen atoms in total. The highest BCUT2D eigenvalue weighted by molar-refractivity contribution is 14.2. The van der Waals surface area contributed by atoms with Crippen LogP contribution in [0.4, 0.5) is 4.39 Å². The molecule has 0 bridgehead atoms. The standard InChI is InChI=1S/C17H19FIN2O5PS/c1-4-5-11-6-7-13(14(18)8-11)15-9-12(25-20-15)10-17(2,28(3,23)24)16(22)21-26-27-19/h6-8,12,27H,9-10H2,1-3H3,(H,21,22)/t12-,17-/m1/s1. The van der Waals surface area contributed by atoms with Gasteiger partial charge in [0.15, 0.2) is 14.6 Å². The Morgan fingerprint density at radius 1 is 1.57 bits per heavy atom. The molecule has 1 heterocycles. The van der Waals surface area contributed by atoms with Gasteiger partial charge >= 0.3 is 0 Å². The van der Waals surface area contributed by atoms with E-state index in [0.29, 0.717) is 11.3 Å². The minimum absolute atomic E-state index is 0.0659. The van der Waals surface area contributed by atoms with E-state index < -0.39 is 32.4 Å². The summed E-state index contributed by atoms with van der Waals surface area (Å²) in [6, 6.07) is 4.52. The normalized spacial score (nSPS) is 18.8. The molecule has 1 aromatic rings. The van der Waals surface area contributed by atoms with Gasteiger partial charge in [-0.25, -0.2) is 22.9 Å². The third-order valence-electron chi connectivity index (χ3n) is 4.38. The van der Waals surface area contributed by atoms with Crippen LogP contribution in [0.5, 0.6) is 0 Å². The van der Waals surface area contributed by atoms with Crippen molar-refractivity contribution in [3.05, 3.63) is 35.1 Å². The lowest BCUT2D eigenvalue weighted by molar-refractivity contribution is -0.130. The fourth-order valence-corrected chi connectivity index (χ4v) is 4.02. The van der Waals surface area contributed by atoms with E-state index in [-0.39, 0.29) is 24.9 Å². The first kappa shape index (κ1) is 23.0. The highest BCUT2D eigenvalue weighted by atomic mass is 127. The van der Waals surface area contributed by atoms with Crippen LogP contribution in [0.2, 0.25) is 0 Å². The molecular formula is C17H19FIN2O5PS. The first-order chi connectivity index (χ1) is 13.1. The van der Waals surface area contributed by atoms with Crippen molar-refractivity contribution in [3.63, 3.8) is 0 Å². The fraction of sp³-hybridized carbons (Fsp3) is 0.412. The third-order valence-corrected chi connectivity index (χ3v) is 7.21. The predicted molar refractivity (Wildman–Crippen MR) is 114 cm³/mol. The van der Waals surface area contributed by atoms with Gasteiger partial charge < -0.3 is 4.84 Å². The summed E-state index contributed by atoms with van der Waals surface area (Å²) in [4.78, 5) is 17.7. The van der Waals surface area contributed by atoms with Crippen LogP contribution in [0, 0.1) is 17.7 Å². The molecule has 0 saturated carbocycles. The first-order valence-corrected chi connectivity index (χ1v) is 14.0. The van der Waals surface area contributed by atoms with Crippen molar-refractivity contribution in [2.75, 3.05) is 6.26 Å². The van der Waals surface area contributed by atoms with Gasteiger partial charge in [0, 0.05) is 30.2 Å². The van der Waals surface area contributed by atoms with E-state index in [2.05, 4.69) is 22.5 Å². The summed E-state index contributed by atoms with van der Waals surface area (Å²) in [6.45, 7) is 2.90. The van der Waals surface area contributed by atoms with Crippen molar-refractivity contribution in [3.8, 4) is 11.8 Å². The van der Waals surface area contributed by atoms with Crippen molar-refractivity contribution in [1.82, 2.24) is 5.48 Å². The lowest BCUT2D eigenvalue weighted by Crippen LogP contribution is -2.51. The molecule has 1 aliphatic heterocycles. The number of hydrogen-bond acceptors (Lipinski definition) is 6. The lowest BCUT2D eigenvalue weighted by atomic mass is 9.96. The number of carbonyl (C=O) groups is 1. The van der Waals surface area contributed by atoms with Gasteiger partial charge in [0.2, 0.25) is 0 Å². The van der Waals surface area contributed by atoms with Gasteiger partial charge in [0.25, 0.3) is 5.91 Å². The molecule has 0 saturated heterocycles. The molecule has 28 heavy (non-hydrogen) atoms. The molecule has 0 fully saturated rings.